The number of hydrogen-bond donors (Lipinski definition) is 2. The second kappa shape index (κ2) is 5.42. The van der Waals surface area contributed by atoms with Crippen LogP contribution in [0.2, 0.25) is 0 Å². The molecule has 110 valence electrons. The van der Waals surface area contributed by atoms with Crippen LogP contribution in [0.5, 0.6) is 0 Å². The summed E-state index contributed by atoms with van der Waals surface area (Å²) in [4.78, 5) is 14.2. The number of benzene rings is 2. The van der Waals surface area contributed by atoms with Crippen molar-refractivity contribution in [2.45, 2.75) is 12.1 Å². The van der Waals surface area contributed by atoms with Gasteiger partial charge in [-0.05, 0) is 17.5 Å². The number of carbonyl (C=O) groups excluding carboxylic acids is 1. The summed E-state index contributed by atoms with van der Waals surface area (Å²) in [6, 6.07) is 9.48. The first kappa shape index (κ1) is 14.0. The van der Waals surface area contributed by atoms with E-state index in [1.165, 1.54) is 17.0 Å². The SMILES string of the molecule is CN(C(=O)c1ccc(F)c2ccccc12)[C@H]1CNC[C@@H]1O. The van der Waals surface area contributed by atoms with E-state index in [0.717, 1.165) is 0 Å². The highest BCUT2D eigenvalue weighted by molar-refractivity contribution is 6.07. The first-order valence-corrected chi connectivity index (χ1v) is 6.93. The Morgan fingerprint density at radius 2 is 1.95 bits per heavy atom. The normalized spacial score (nSPS) is 21.7. The van der Waals surface area contributed by atoms with E-state index in [2.05, 4.69) is 5.32 Å². The Kier molecular flexibility index (Phi) is 3.61. The van der Waals surface area contributed by atoms with Crippen LogP contribution in [0.3, 0.4) is 0 Å². The van der Waals surface area contributed by atoms with E-state index >= 15 is 0 Å². The van der Waals surface area contributed by atoms with Crippen LogP contribution in [-0.4, -0.2) is 48.2 Å². The van der Waals surface area contributed by atoms with E-state index in [4.69, 9.17) is 0 Å². The van der Waals surface area contributed by atoms with Crippen molar-refractivity contribution in [3.05, 3.63) is 47.8 Å². The van der Waals surface area contributed by atoms with Crippen molar-refractivity contribution in [1.29, 1.82) is 0 Å². The lowest BCUT2D eigenvalue weighted by Gasteiger charge is -2.27. The van der Waals surface area contributed by atoms with Gasteiger partial charge in [-0.3, -0.25) is 4.79 Å². The Labute approximate surface area is 122 Å². The summed E-state index contributed by atoms with van der Waals surface area (Å²) in [5, 5.41) is 14.0. The standard InChI is InChI=1S/C16H17FN2O2/c1-19(14-8-18-9-15(14)20)16(21)12-6-7-13(17)11-5-3-2-4-10(11)12/h2-7,14-15,18,20H,8-9H2,1H3/t14-,15-/m0/s1. The van der Waals surface area contributed by atoms with Crippen molar-refractivity contribution in [3.63, 3.8) is 0 Å². The molecular formula is C16H17FN2O2. The highest BCUT2D eigenvalue weighted by Crippen LogP contribution is 2.23. The van der Waals surface area contributed by atoms with Crippen molar-refractivity contribution in [2.24, 2.45) is 0 Å². The first-order chi connectivity index (χ1) is 10.1. The molecule has 1 aliphatic rings. The topological polar surface area (TPSA) is 52.6 Å². The maximum atomic E-state index is 13.8. The van der Waals surface area contributed by atoms with Crippen LogP contribution in [0.4, 0.5) is 4.39 Å². The molecule has 0 bridgehead atoms. The molecule has 1 saturated heterocycles. The van der Waals surface area contributed by atoms with Gasteiger partial charge in [0, 0.05) is 31.1 Å². The van der Waals surface area contributed by atoms with Gasteiger partial charge in [-0.15, -0.1) is 0 Å². The molecule has 0 aliphatic carbocycles. The van der Waals surface area contributed by atoms with Gasteiger partial charge in [0.2, 0.25) is 0 Å². The Hall–Kier alpha value is -1.98. The largest absolute Gasteiger partial charge is 0.390 e. The summed E-state index contributed by atoms with van der Waals surface area (Å²) in [6.07, 6.45) is -0.578. The van der Waals surface area contributed by atoms with E-state index in [9.17, 15) is 14.3 Å². The molecule has 0 saturated carbocycles. The van der Waals surface area contributed by atoms with Crippen LogP contribution >= 0.6 is 0 Å². The average Bonchev–Trinajstić information content (AvgIpc) is 2.93. The lowest BCUT2D eigenvalue weighted by molar-refractivity contribution is 0.0583. The fourth-order valence-corrected chi connectivity index (χ4v) is 2.84. The minimum Gasteiger partial charge on any atom is -0.390 e. The zero-order valence-corrected chi connectivity index (χ0v) is 11.7. The van der Waals surface area contributed by atoms with Crippen LogP contribution in [0, 0.1) is 5.82 Å². The third-order valence-electron chi connectivity index (χ3n) is 4.07. The maximum absolute atomic E-state index is 13.8. The average molecular weight is 288 g/mol. The Morgan fingerprint density at radius 1 is 1.24 bits per heavy atom. The molecule has 0 spiro atoms. The third kappa shape index (κ3) is 2.39. The van der Waals surface area contributed by atoms with Crippen LogP contribution in [-0.2, 0) is 0 Å². The van der Waals surface area contributed by atoms with Crippen LogP contribution in [0.25, 0.3) is 10.8 Å². The number of likely N-dealkylation sites (N-methyl/N-ethyl adjacent to an activating group) is 1. The molecule has 5 heteroatoms. The van der Waals surface area contributed by atoms with Crippen LogP contribution < -0.4 is 5.32 Å². The second-order valence-electron chi connectivity index (χ2n) is 5.35. The molecule has 0 aromatic heterocycles. The number of amides is 1. The molecule has 2 atom stereocenters. The Bertz CT molecular complexity index is 689. The van der Waals surface area contributed by atoms with E-state index < -0.39 is 6.10 Å². The van der Waals surface area contributed by atoms with E-state index in [1.54, 1.807) is 31.3 Å². The Morgan fingerprint density at radius 3 is 2.62 bits per heavy atom. The molecule has 2 aromatic rings. The minimum atomic E-state index is -0.578. The second-order valence-corrected chi connectivity index (χ2v) is 5.35. The number of carbonyl (C=O) groups is 1. The van der Waals surface area contributed by atoms with E-state index in [1.807, 2.05) is 0 Å². The monoisotopic (exact) mass is 288 g/mol. The summed E-state index contributed by atoms with van der Waals surface area (Å²) >= 11 is 0. The summed E-state index contributed by atoms with van der Waals surface area (Å²) < 4.78 is 13.8. The van der Waals surface area contributed by atoms with Crippen molar-refractivity contribution in [1.82, 2.24) is 10.2 Å². The Balaban J connectivity index is 2.00. The number of aliphatic hydroxyl groups is 1. The molecule has 3 rings (SSSR count). The van der Waals surface area contributed by atoms with Gasteiger partial charge in [-0.25, -0.2) is 4.39 Å². The van der Waals surface area contributed by atoms with Crippen molar-refractivity contribution >= 4 is 16.7 Å². The summed E-state index contributed by atoms with van der Waals surface area (Å²) in [6.45, 7) is 1.04. The number of halogens is 1. The van der Waals surface area contributed by atoms with Crippen molar-refractivity contribution in [3.8, 4) is 0 Å². The lowest BCUT2D eigenvalue weighted by Crippen LogP contribution is -2.44. The van der Waals surface area contributed by atoms with Gasteiger partial charge in [0.25, 0.3) is 5.91 Å². The van der Waals surface area contributed by atoms with Gasteiger partial charge in [0.05, 0.1) is 12.1 Å². The molecule has 2 N–H and O–H groups in total. The summed E-state index contributed by atoms with van der Waals surface area (Å²) in [5.74, 6) is -0.550. The number of β-amino-alcohol motifs (C(OH)–C–C–N with tert-alkyl or cyclic N) is 1. The van der Waals surface area contributed by atoms with E-state index in [-0.39, 0.29) is 17.8 Å². The highest BCUT2D eigenvalue weighted by atomic mass is 19.1. The number of rotatable bonds is 2. The van der Waals surface area contributed by atoms with Gasteiger partial charge in [0.1, 0.15) is 5.82 Å². The fraction of sp³-hybridized carbons (Fsp3) is 0.312. The first-order valence-electron chi connectivity index (χ1n) is 6.93. The number of nitrogens with zero attached hydrogens (tertiary/aromatic N) is 1. The van der Waals surface area contributed by atoms with Gasteiger partial charge >= 0.3 is 0 Å². The molecule has 1 fully saturated rings. The number of aliphatic hydroxyl groups excluding tert-OH is 1. The maximum Gasteiger partial charge on any atom is 0.254 e. The predicted molar refractivity (Wildman–Crippen MR) is 78.7 cm³/mol. The number of fused-ring (bicyclic) bond motifs is 1. The fourth-order valence-electron chi connectivity index (χ4n) is 2.84. The molecule has 1 aliphatic heterocycles. The molecule has 1 amide bonds. The smallest absolute Gasteiger partial charge is 0.254 e. The van der Waals surface area contributed by atoms with Crippen LogP contribution in [0.1, 0.15) is 10.4 Å². The summed E-state index contributed by atoms with van der Waals surface area (Å²) in [7, 11) is 1.67. The predicted octanol–water partition coefficient (Wildman–Crippen LogP) is 1.38. The highest BCUT2D eigenvalue weighted by Gasteiger charge is 2.32. The molecule has 4 nitrogen and oxygen atoms in total. The zero-order valence-electron chi connectivity index (χ0n) is 11.7. The van der Waals surface area contributed by atoms with Crippen molar-refractivity contribution < 1.29 is 14.3 Å². The molecule has 2 aromatic carbocycles. The molecule has 1 heterocycles. The summed E-state index contributed by atoms with van der Waals surface area (Å²) in [5.41, 5.74) is 0.452. The van der Waals surface area contributed by atoms with Gasteiger partial charge in [0.15, 0.2) is 0 Å². The number of nitrogens with one attached hydrogen (secondary N) is 1. The third-order valence-corrected chi connectivity index (χ3v) is 4.07. The van der Waals surface area contributed by atoms with E-state index in [0.29, 0.717) is 29.4 Å². The lowest BCUT2D eigenvalue weighted by atomic mass is 10.0. The molecular weight excluding hydrogens is 271 g/mol. The van der Waals surface area contributed by atoms with Crippen LogP contribution in [0.15, 0.2) is 36.4 Å². The molecule has 21 heavy (non-hydrogen) atoms. The zero-order chi connectivity index (χ0) is 15.0. The van der Waals surface area contributed by atoms with Gasteiger partial charge < -0.3 is 15.3 Å². The minimum absolute atomic E-state index is 0.209. The quantitative estimate of drug-likeness (QED) is 0.878. The molecule has 0 unspecified atom stereocenters. The molecule has 0 radical (unpaired) electrons. The number of hydrogen-bond acceptors (Lipinski definition) is 3. The van der Waals surface area contributed by atoms with Crippen molar-refractivity contribution in [2.75, 3.05) is 20.1 Å². The van der Waals surface area contributed by atoms with Gasteiger partial charge in [-0.2, -0.15) is 0 Å². The van der Waals surface area contributed by atoms with Gasteiger partial charge in [-0.1, -0.05) is 24.3 Å².